The van der Waals surface area contributed by atoms with Gasteiger partial charge in [-0.3, -0.25) is 4.79 Å². The first-order chi connectivity index (χ1) is 12.0. The fourth-order valence-electron chi connectivity index (χ4n) is 2.44. The van der Waals surface area contributed by atoms with Gasteiger partial charge in [-0.05, 0) is 13.0 Å². The molecule has 2 N–H and O–H groups in total. The van der Waals surface area contributed by atoms with E-state index in [1.807, 2.05) is 36.6 Å². The number of hydrogen-bond donors (Lipinski definition) is 1. The Morgan fingerprint density at radius 1 is 1.44 bits per heavy atom. The van der Waals surface area contributed by atoms with Gasteiger partial charge in [0.05, 0.1) is 23.8 Å². The Balaban J connectivity index is 1.63. The first kappa shape index (κ1) is 17.2. The molecule has 25 heavy (non-hydrogen) atoms. The number of hydrogen-bond acceptors (Lipinski definition) is 7. The third kappa shape index (κ3) is 4.28. The van der Waals surface area contributed by atoms with Crippen LogP contribution >= 0.6 is 11.3 Å². The molecule has 2 aromatic heterocycles. The summed E-state index contributed by atoms with van der Waals surface area (Å²) in [6, 6.07) is 7.19. The van der Waals surface area contributed by atoms with Crippen molar-refractivity contribution in [3.8, 4) is 11.4 Å². The van der Waals surface area contributed by atoms with Crippen LogP contribution in [0.25, 0.3) is 11.4 Å². The van der Waals surface area contributed by atoms with E-state index in [1.165, 1.54) is 16.2 Å². The predicted molar refractivity (Wildman–Crippen MR) is 94.7 cm³/mol. The Morgan fingerprint density at radius 3 is 3.00 bits per heavy atom. The lowest BCUT2D eigenvalue weighted by molar-refractivity contribution is -0.132. The van der Waals surface area contributed by atoms with Gasteiger partial charge in [0.2, 0.25) is 17.6 Å². The number of aromatic nitrogens is 3. The van der Waals surface area contributed by atoms with E-state index in [2.05, 4.69) is 15.1 Å². The lowest BCUT2D eigenvalue weighted by atomic mass is 10.1. The van der Waals surface area contributed by atoms with E-state index in [1.54, 1.807) is 12.6 Å². The Bertz CT molecular complexity index is 846. The van der Waals surface area contributed by atoms with Gasteiger partial charge in [-0.2, -0.15) is 4.98 Å². The summed E-state index contributed by atoms with van der Waals surface area (Å²) in [7, 11) is 1.67. The second-order valence-electron chi connectivity index (χ2n) is 5.87. The number of amides is 1. The largest absolute Gasteiger partial charge is 0.337 e. The smallest absolute Gasteiger partial charge is 0.246 e. The molecule has 2 heterocycles. The highest BCUT2D eigenvalue weighted by atomic mass is 32.1. The minimum Gasteiger partial charge on any atom is -0.337 e. The quantitative estimate of drug-likeness (QED) is 0.725. The Kier molecular flexibility index (Phi) is 5.20. The Hall–Kier alpha value is -2.58. The zero-order valence-corrected chi connectivity index (χ0v) is 14.9. The van der Waals surface area contributed by atoms with Gasteiger partial charge in [-0.15, -0.1) is 11.3 Å². The lowest BCUT2D eigenvalue weighted by Crippen LogP contribution is -2.42. The number of rotatable bonds is 6. The molecule has 0 saturated heterocycles. The van der Waals surface area contributed by atoms with E-state index in [-0.39, 0.29) is 12.5 Å². The summed E-state index contributed by atoms with van der Waals surface area (Å²) in [6.07, 6.45) is 0.408. The van der Waals surface area contributed by atoms with Crippen molar-refractivity contribution in [1.29, 1.82) is 0 Å². The van der Waals surface area contributed by atoms with E-state index < -0.39 is 6.04 Å². The zero-order chi connectivity index (χ0) is 17.8. The highest BCUT2D eigenvalue weighted by molar-refractivity contribution is 7.07. The van der Waals surface area contributed by atoms with Crippen LogP contribution in [0.5, 0.6) is 0 Å². The normalized spacial score (nSPS) is 12.1. The molecule has 0 unspecified atom stereocenters. The van der Waals surface area contributed by atoms with Gasteiger partial charge >= 0.3 is 0 Å². The van der Waals surface area contributed by atoms with E-state index in [0.717, 1.165) is 16.8 Å². The van der Waals surface area contributed by atoms with Gasteiger partial charge < -0.3 is 15.2 Å². The monoisotopic (exact) mass is 357 g/mol. The van der Waals surface area contributed by atoms with Crippen LogP contribution in [0.3, 0.4) is 0 Å². The number of benzene rings is 1. The van der Waals surface area contributed by atoms with E-state index in [4.69, 9.17) is 10.3 Å². The summed E-state index contributed by atoms with van der Waals surface area (Å²) < 4.78 is 5.26. The van der Waals surface area contributed by atoms with Crippen LogP contribution in [0.1, 0.15) is 17.1 Å². The van der Waals surface area contributed by atoms with Crippen LogP contribution < -0.4 is 5.73 Å². The molecule has 0 aliphatic rings. The molecule has 0 bridgehead atoms. The Morgan fingerprint density at radius 2 is 2.28 bits per heavy atom. The molecule has 0 spiro atoms. The first-order valence-corrected chi connectivity index (χ1v) is 8.74. The van der Waals surface area contributed by atoms with E-state index in [9.17, 15) is 4.79 Å². The van der Waals surface area contributed by atoms with Crippen LogP contribution in [0.4, 0.5) is 0 Å². The number of carbonyl (C=O) groups is 1. The SMILES string of the molecule is Cc1cccc(-c2noc(CN(C)C(=O)[C@@H](N)Cc3cscn3)n2)c1. The van der Waals surface area contributed by atoms with Gasteiger partial charge in [-0.25, -0.2) is 4.98 Å². The van der Waals surface area contributed by atoms with Crippen molar-refractivity contribution < 1.29 is 9.32 Å². The molecule has 1 amide bonds. The average Bonchev–Trinajstić information content (AvgIpc) is 3.26. The van der Waals surface area contributed by atoms with Crippen molar-refractivity contribution in [2.75, 3.05) is 7.05 Å². The maximum atomic E-state index is 12.4. The summed E-state index contributed by atoms with van der Waals surface area (Å²) in [5.41, 5.74) is 10.5. The van der Waals surface area contributed by atoms with Gasteiger partial charge in [0.25, 0.3) is 0 Å². The average molecular weight is 357 g/mol. The van der Waals surface area contributed by atoms with Crippen molar-refractivity contribution >= 4 is 17.2 Å². The molecular weight excluding hydrogens is 338 g/mol. The van der Waals surface area contributed by atoms with Gasteiger partial charge in [-0.1, -0.05) is 28.9 Å². The standard InChI is InChI=1S/C17H19N5O2S/c1-11-4-3-5-12(6-11)16-20-15(24-21-16)8-22(2)17(23)14(18)7-13-9-25-10-19-13/h3-6,9-10,14H,7-8,18H2,1-2H3/t14-/m0/s1. The number of likely N-dealkylation sites (N-methyl/N-ethyl adjacent to an activating group) is 1. The van der Waals surface area contributed by atoms with Crippen LogP contribution in [0, 0.1) is 6.92 Å². The fraction of sp³-hybridized carbons (Fsp3) is 0.294. The van der Waals surface area contributed by atoms with Gasteiger partial charge in [0.15, 0.2) is 0 Å². The number of nitrogens with zero attached hydrogens (tertiary/aromatic N) is 4. The molecule has 0 fully saturated rings. The molecule has 0 saturated carbocycles. The predicted octanol–water partition coefficient (Wildman–Crippen LogP) is 2.03. The first-order valence-electron chi connectivity index (χ1n) is 7.80. The van der Waals surface area contributed by atoms with Crippen LogP contribution in [0.2, 0.25) is 0 Å². The maximum absolute atomic E-state index is 12.4. The molecule has 0 aliphatic heterocycles. The second kappa shape index (κ2) is 7.54. The van der Waals surface area contributed by atoms with Crippen molar-refractivity contribution in [2.45, 2.75) is 25.9 Å². The second-order valence-corrected chi connectivity index (χ2v) is 6.58. The van der Waals surface area contributed by atoms with Crippen molar-refractivity contribution in [3.63, 3.8) is 0 Å². The van der Waals surface area contributed by atoms with Gasteiger partial charge in [0, 0.05) is 24.4 Å². The lowest BCUT2D eigenvalue weighted by Gasteiger charge is -2.19. The molecule has 3 aromatic rings. The van der Waals surface area contributed by atoms with E-state index in [0.29, 0.717) is 18.1 Å². The van der Waals surface area contributed by atoms with Crippen LogP contribution in [0.15, 0.2) is 39.7 Å². The number of nitrogens with two attached hydrogens (primary N) is 1. The van der Waals surface area contributed by atoms with Crippen molar-refractivity contribution in [1.82, 2.24) is 20.0 Å². The molecular formula is C17H19N5O2S. The maximum Gasteiger partial charge on any atom is 0.246 e. The van der Waals surface area contributed by atoms with Crippen LogP contribution in [-0.4, -0.2) is 39.0 Å². The highest BCUT2D eigenvalue weighted by Crippen LogP contribution is 2.17. The van der Waals surface area contributed by atoms with Crippen LogP contribution in [-0.2, 0) is 17.8 Å². The summed E-state index contributed by atoms with van der Waals surface area (Å²) >= 11 is 1.48. The summed E-state index contributed by atoms with van der Waals surface area (Å²) in [6.45, 7) is 2.21. The van der Waals surface area contributed by atoms with E-state index >= 15 is 0 Å². The van der Waals surface area contributed by atoms with Crippen molar-refractivity contribution in [3.05, 3.63) is 52.3 Å². The Labute approximate surface area is 149 Å². The summed E-state index contributed by atoms with van der Waals surface area (Å²) in [5, 5.41) is 5.87. The summed E-state index contributed by atoms with van der Waals surface area (Å²) in [4.78, 5) is 22.4. The topological polar surface area (TPSA) is 98.1 Å². The molecule has 3 rings (SSSR count). The molecule has 0 aliphatic carbocycles. The van der Waals surface area contributed by atoms with Crippen molar-refractivity contribution in [2.24, 2.45) is 5.73 Å². The minimum atomic E-state index is -0.647. The minimum absolute atomic E-state index is 0.191. The molecule has 7 nitrogen and oxygen atoms in total. The van der Waals surface area contributed by atoms with Gasteiger partial charge in [0.1, 0.15) is 0 Å². The molecule has 0 radical (unpaired) electrons. The number of aryl methyl sites for hydroxylation is 1. The molecule has 1 aromatic carbocycles. The molecule has 8 heteroatoms. The fourth-order valence-corrected chi connectivity index (χ4v) is 3.01. The highest BCUT2D eigenvalue weighted by Gasteiger charge is 2.21. The number of thiazole rings is 1. The zero-order valence-electron chi connectivity index (χ0n) is 14.0. The number of carbonyl (C=O) groups excluding carboxylic acids is 1. The third-order valence-corrected chi connectivity index (χ3v) is 4.36. The molecule has 130 valence electrons. The summed E-state index contributed by atoms with van der Waals surface area (Å²) in [5.74, 6) is 0.683. The third-order valence-electron chi connectivity index (χ3n) is 3.72. The molecule has 1 atom stereocenters.